The first-order valence-corrected chi connectivity index (χ1v) is 17.1. The SMILES string of the molecule is C=Cc1ccc2c3ccc(-c4cccc(-c5ccccc5-c5cc(-c6ccccc6)nc(-c6ccccc6)c5)c4)cc3c3ccccc3c2c1. The van der Waals surface area contributed by atoms with E-state index in [0.29, 0.717) is 0 Å². The predicted octanol–water partition coefficient (Wildman–Crippen LogP) is 13.5. The Morgan fingerprint density at radius 1 is 0.320 bits per heavy atom. The van der Waals surface area contributed by atoms with Gasteiger partial charge < -0.3 is 0 Å². The van der Waals surface area contributed by atoms with Gasteiger partial charge in [0.1, 0.15) is 0 Å². The van der Waals surface area contributed by atoms with E-state index in [1.165, 1.54) is 60.1 Å². The molecule has 234 valence electrons. The molecular weight excluding hydrogens is 603 g/mol. The Balaban J connectivity index is 1.18. The molecule has 1 aromatic heterocycles. The maximum atomic E-state index is 5.13. The van der Waals surface area contributed by atoms with E-state index < -0.39 is 0 Å². The molecule has 8 aromatic carbocycles. The number of aromatic nitrogens is 1. The summed E-state index contributed by atoms with van der Waals surface area (Å²) in [5.41, 5.74) is 12.3. The molecule has 9 rings (SSSR count). The van der Waals surface area contributed by atoms with Crippen molar-refractivity contribution in [1.29, 1.82) is 0 Å². The van der Waals surface area contributed by atoms with Gasteiger partial charge in [0, 0.05) is 11.1 Å². The fourth-order valence-corrected chi connectivity index (χ4v) is 7.33. The van der Waals surface area contributed by atoms with Crippen molar-refractivity contribution in [3.05, 3.63) is 194 Å². The molecule has 0 aliphatic heterocycles. The third kappa shape index (κ3) is 5.26. The average Bonchev–Trinajstić information content (AvgIpc) is 3.21. The second-order valence-electron chi connectivity index (χ2n) is 12.8. The third-order valence-electron chi connectivity index (χ3n) is 9.81. The standard InChI is InChI=1S/C49H33N/c1-2-33-24-26-44-45-27-25-37(30-47(45)43-23-12-11-22-42(43)46(44)28-33)36-18-13-19-38(29-36)40-20-9-10-21-41(40)39-31-48(34-14-5-3-6-15-34)50-49(32-39)35-16-7-4-8-17-35/h2-32H,1H2. The second kappa shape index (κ2) is 12.5. The van der Waals surface area contributed by atoms with Crippen LogP contribution in [0.4, 0.5) is 0 Å². The lowest BCUT2D eigenvalue weighted by molar-refractivity contribution is 1.32. The van der Waals surface area contributed by atoms with Crippen molar-refractivity contribution < 1.29 is 0 Å². The number of nitrogens with zero attached hydrogens (tertiary/aromatic N) is 1. The molecule has 0 N–H and O–H groups in total. The van der Waals surface area contributed by atoms with Gasteiger partial charge in [-0.25, -0.2) is 4.98 Å². The van der Waals surface area contributed by atoms with Crippen LogP contribution in [0.25, 0.3) is 94.3 Å². The molecule has 1 heterocycles. The van der Waals surface area contributed by atoms with E-state index in [2.05, 4.69) is 176 Å². The van der Waals surface area contributed by atoms with E-state index in [1.807, 2.05) is 18.2 Å². The van der Waals surface area contributed by atoms with Crippen molar-refractivity contribution in [2.75, 3.05) is 0 Å². The lowest BCUT2D eigenvalue weighted by atomic mass is 9.89. The Labute approximate surface area is 292 Å². The molecule has 0 radical (unpaired) electrons. The Morgan fingerprint density at radius 2 is 0.800 bits per heavy atom. The maximum absolute atomic E-state index is 5.13. The fraction of sp³-hybridized carbons (Fsp3) is 0. The van der Waals surface area contributed by atoms with Crippen LogP contribution in [0, 0.1) is 0 Å². The fourth-order valence-electron chi connectivity index (χ4n) is 7.33. The number of fused-ring (bicyclic) bond motifs is 6. The zero-order valence-electron chi connectivity index (χ0n) is 27.6. The molecule has 0 amide bonds. The first-order valence-electron chi connectivity index (χ1n) is 17.1. The molecule has 0 aliphatic rings. The van der Waals surface area contributed by atoms with Crippen LogP contribution < -0.4 is 0 Å². The first-order chi connectivity index (χ1) is 24.7. The van der Waals surface area contributed by atoms with Gasteiger partial charge in [-0.2, -0.15) is 0 Å². The molecule has 0 aliphatic carbocycles. The van der Waals surface area contributed by atoms with Crippen molar-refractivity contribution in [1.82, 2.24) is 4.98 Å². The quantitative estimate of drug-likeness (QED) is 0.166. The molecule has 0 atom stereocenters. The molecule has 9 aromatic rings. The highest BCUT2D eigenvalue weighted by atomic mass is 14.7. The van der Waals surface area contributed by atoms with Crippen molar-refractivity contribution in [3.8, 4) is 55.9 Å². The highest BCUT2D eigenvalue weighted by molar-refractivity contribution is 6.26. The summed E-state index contributed by atoms with van der Waals surface area (Å²) in [5.74, 6) is 0. The van der Waals surface area contributed by atoms with E-state index >= 15 is 0 Å². The number of hydrogen-bond acceptors (Lipinski definition) is 1. The molecule has 1 heteroatoms. The minimum absolute atomic E-state index is 0.960. The van der Waals surface area contributed by atoms with Crippen molar-refractivity contribution in [2.45, 2.75) is 0 Å². The average molecular weight is 636 g/mol. The zero-order chi connectivity index (χ0) is 33.4. The molecule has 0 saturated heterocycles. The number of pyridine rings is 1. The molecule has 0 bridgehead atoms. The zero-order valence-corrected chi connectivity index (χ0v) is 27.6. The minimum atomic E-state index is 0.960. The van der Waals surface area contributed by atoms with Gasteiger partial charge in [-0.3, -0.25) is 0 Å². The van der Waals surface area contributed by atoms with Crippen molar-refractivity contribution in [3.63, 3.8) is 0 Å². The Hall–Kier alpha value is -6.57. The highest BCUT2D eigenvalue weighted by Crippen LogP contribution is 2.40. The van der Waals surface area contributed by atoms with Crippen LogP contribution in [0.1, 0.15) is 5.56 Å². The van der Waals surface area contributed by atoms with Crippen LogP contribution in [0.2, 0.25) is 0 Å². The van der Waals surface area contributed by atoms with Gasteiger partial charge >= 0.3 is 0 Å². The summed E-state index contributed by atoms with van der Waals surface area (Å²) >= 11 is 0. The van der Waals surface area contributed by atoms with Crippen LogP contribution in [-0.4, -0.2) is 4.98 Å². The van der Waals surface area contributed by atoms with Crippen LogP contribution >= 0.6 is 0 Å². The molecule has 0 fully saturated rings. The monoisotopic (exact) mass is 635 g/mol. The van der Waals surface area contributed by atoms with Crippen LogP contribution in [-0.2, 0) is 0 Å². The maximum Gasteiger partial charge on any atom is 0.0715 e. The molecule has 0 unspecified atom stereocenters. The van der Waals surface area contributed by atoms with Gasteiger partial charge in [0.15, 0.2) is 0 Å². The van der Waals surface area contributed by atoms with E-state index in [-0.39, 0.29) is 0 Å². The van der Waals surface area contributed by atoms with E-state index in [1.54, 1.807) is 0 Å². The second-order valence-corrected chi connectivity index (χ2v) is 12.8. The summed E-state index contributed by atoms with van der Waals surface area (Å²) < 4.78 is 0. The number of hydrogen-bond donors (Lipinski definition) is 0. The number of benzene rings is 8. The van der Waals surface area contributed by atoms with Gasteiger partial charge in [0.2, 0.25) is 0 Å². The lowest BCUT2D eigenvalue weighted by Gasteiger charge is -2.15. The summed E-state index contributed by atoms with van der Waals surface area (Å²) in [4.78, 5) is 5.13. The van der Waals surface area contributed by atoms with E-state index in [0.717, 1.165) is 33.6 Å². The third-order valence-corrected chi connectivity index (χ3v) is 9.81. The van der Waals surface area contributed by atoms with Crippen molar-refractivity contribution >= 4 is 38.4 Å². The summed E-state index contributed by atoms with van der Waals surface area (Å²) in [6.07, 6.45) is 1.92. The van der Waals surface area contributed by atoms with Gasteiger partial charge in [0.25, 0.3) is 0 Å². The highest BCUT2D eigenvalue weighted by Gasteiger charge is 2.14. The molecule has 1 nitrogen and oxygen atoms in total. The van der Waals surface area contributed by atoms with Gasteiger partial charge in [-0.15, -0.1) is 0 Å². The van der Waals surface area contributed by atoms with Gasteiger partial charge in [-0.1, -0.05) is 164 Å². The van der Waals surface area contributed by atoms with Crippen LogP contribution in [0.15, 0.2) is 189 Å². The smallest absolute Gasteiger partial charge is 0.0715 e. The predicted molar refractivity (Wildman–Crippen MR) is 214 cm³/mol. The summed E-state index contributed by atoms with van der Waals surface area (Å²) in [7, 11) is 0. The van der Waals surface area contributed by atoms with Crippen molar-refractivity contribution in [2.24, 2.45) is 0 Å². The van der Waals surface area contributed by atoms with Crippen LogP contribution in [0.3, 0.4) is 0 Å². The Kier molecular flexibility index (Phi) is 7.37. The molecule has 50 heavy (non-hydrogen) atoms. The molecule has 0 saturated carbocycles. The summed E-state index contributed by atoms with van der Waals surface area (Å²) in [6, 6.07) is 65.4. The summed E-state index contributed by atoms with van der Waals surface area (Å²) in [5, 5.41) is 7.59. The van der Waals surface area contributed by atoms with E-state index in [9.17, 15) is 0 Å². The Bertz CT molecular complexity index is 2630. The lowest BCUT2D eigenvalue weighted by Crippen LogP contribution is -1.92. The van der Waals surface area contributed by atoms with Crippen LogP contribution in [0.5, 0.6) is 0 Å². The summed E-state index contributed by atoms with van der Waals surface area (Å²) in [6.45, 7) is 4.01. The van der Waals surface area contributed by atoms with E-state index in [4.69, 9.17) is 4.98 Å². The topological polar surface area (TPSA) is 12.9 Å². The number of rotatable bonds is 6. The molecule has 0 spiro atoms. The first kappa shape index (κ1) is 29.6. The molecular formula is C49H33N. The Morgan fingerprint density at radius 3 is 1.44 bits per heavy atom. The van der Waals surface area contributed by atoms with Gasteiger partial charge in [0.05, 0.1) is 11.4 Å². The van der Waals surface area contributed by atoms with Gasteiger partial charge in [-0.05, 0) is 102 Å². The normalized spacial score (nSPS) is 11.3. The largest absolute Gasteiger partial charge is 0.248 e. The minimum Gasteiger partial charge on any atom is -0.248 e.